The Kier molecular flexibility index (Phi) is 4.45. The molecule has 2 rings (SSSR count). The smallest absolute Gasteiger partial charge is 0.196 e. The molecule has 2 aromatic rings. The summed E-state index contributed by atoms with van der Waals surface area (Å²) >= 11 is 0. The van der Waals surface area contributed by atoms with Gasteiger partial charge in [-0.15, -0.1) is 0 Å². The first-order valence-corrected chi connectivity index (χ1v) is 6.04. The SMILES string of the molecule is COC(CC(=O)c1ccccc1)=Nc1ccccc1. The van der Waals surface area contributed by atoms with Gasteiger partial charge in [0, 0.05) is 5.56 Å². The summed E-state index contributed by atoms with van der Waals surface area (Å²) in [5.41, 5.74) is 1.44. The van der Waals surface area contributed by atoms with Crippen molar-refractivity contribution in [1.82, 2.24) is 0 Å². The molecular formula is C16H15NO2. The van der Waals surface area contributed by atoms with Crippen molar-refractivity contribution in [2.24, 2.45) is 4.99 Å². The minimum atomic E-state index is -0.00266. The van der Waals surface area contributed by atoms with Crippen LogP contribution < -0.4 is 0 Å². The van der Waals surface area contributed by atoms with E-state index >= 15 is 0 Å². The van der Waals surface area contributed by atoms with Crippen molar-refractivity contribution in [3.05, 3.63) is 66.2 Å². The lowest BCUT2D eigenvalue weighted by molar-refractivity contribution is 0.0995. The molecule has 0 bridgehead atoms. The molecule has 0 saturated carbocycles. The van der Waals surface area contributed by atoms with Gasteiger partial charge in [-0.25, -0.2) is 4.99 Å². The first kappa shape index (κ1) is 13.0. The fourth-order valence-electron chi connectivity index (χ4n) is 1.67. The maximum Gasteiger partial charge on any atom is 0.196 e. The Labute approximate surface area is 112 Å². The van der Waals surface area contributed by atoms with E-state index in [0.717, 1.165) is 5.69 Å². The molecule has 0 aliphatic carbocycles. The molecule has 0 aliphatic rings. The molecule has 0 heterocycles. The van der Waals surface area contributed by atoms with Gasteiger partial charge in [0.1, 0.15) is 0 Å². The minimum Gasteiger partial charge on any atom is -0.484 e. The van der Waals surface area contributed by atoms with Crippen LogP contribution in [0.15, 0.2) is 65.7 Å². The number of hydrogen-bond acceptors (Lipinski definition) is 3. The molecule has 0 fully saturated rings. The van der Waals surface area contributed by atoms with E-state index in [9.17, 15) is 4.79 Å². The number of aliphatic imine (C=N–C) groups is 1. The van der Waals surface area contributed by atoms with Crippen LogP contribution in [-0.2, 0) is 4.74 Å². The molecule has 3 heteroatoms. The number of ketones is 1. The second kappa shape index (κ2) is 6.50. The Balaban J connectivity index is 2.12. The highest BCUT2D eigenvalue weighted by Gasteiger charge is 2.10. The second-order valence-electron chi connectivity index (χ2n) is 4.01. The minimum absolute atomic E-state index is 0.00266. The van der Waals surface area contributed by atoms with Gasteiger partial charge in [-0.1, -0.05) is 48.5 Å². The van der Waals surface area contributed by atoms with Crippen molar-refractivity contribution in [2.45, 2.75) is 6.42 Å². The van der Waals surface area contributed by atoms with E-state index in [4.69, 9.17) is 4.74 Å². The second-order valence-corrected chi connectivity index (χ2v) is 4.01. The number of carbonyl (C=O) groups excluding carboxylic acids is 1. The predicted octanol–water partition coefficient (Wildman–Crippen LogP) is 3.64. The summed E-state index contributed by atoms with van der Waals surface area (Å²) in [6.07, 6.45) is 0.162. The van der Waals surface area contributed by atoms with Gasteiger partial charge in [0.15, 0.2) is 11.7 Å². The fourth-order valence-corrected chi connectivity index (χ4v) is 1.67. The first-order chi connectivity index (χ1) is 9.29. The summed E-state index contributed by atoms with van der Waals surface area (Å²) in [6.45, 7) is 0. The van der Waals surface area contributed by atoms with E-state index in [0.29, 0.717) is 11.5 Å². The van der Waals surface area contributed by atoms with Crippen molar-refractivity contribution in [3.8, 4) is 0 Å². The molecule has 0 spiro atoms. The topological polar surface area (TPSA) is 38.7 Å². The molecule has 19 heavy (non-hydrogen) atoms. The van der Waals surface area contributed by atoms with Crippen LogP contribution in [0.5, 0.6) is 0 Å². The molecule has 2 aromatic carbocycles. The van der Waals surface area contributed by atoms with Crippen LogP contribution in [0.1, 0.15) is 16.8 Å². The third kappa shape index (κ3) is 3.78. The number of para-hydroxylation sites is 1. The molecular weight excluding hydrogens is 238 g/mol. The van der Waals surface area contributed by atoms with Gasteiger partial charge in [0.05, 0.1) is 19.2 Å². The van der Waals surface area contributed by atoms with E-state index in [-0.39, 0.29) is 12.2 Å². The van der Waals surface area contributed by atoms with Crippen LogP contribution in [0.4, 0.5) is 5.69 Å². The van der Waals surface area contributed by atoms with Crippen LogP contribution >= 0.6 is 0 Å². The van der Waals surface area contributed by atoms with Crippen LogP contribution in [0.3, 0.4) is 0 Å². The Hall–Kier alpha value is -2.42. The standard InChI is InChI=1S/C16H15NO2/c1-19-16(17-14-10-6-3-7-11-14)12-15(18)13-8-4-2-5-9-13/h2-11H,12H2,1H3. The van der Waals surface area contributed by atoms with Crippen LogP contribution in [0.2, 0.25) is 0 Å². The lowest BCUT2D eigenvalue weighted by Gasteiger charge is -2.04. The van der Waals surface area contributed by atoms with E-state index in [1.54, 1.807) is 12.1 Å². The Morgan fingerprint density at radius 1 is 1.00 bits per heavy atom. The third-order valence-electron chi connectivity index (χ3n) is 2.65. The van der Waals surface area contributed by atoms with E-state index in [1.807, 2.05) is 48.5 Å². The average molecular weight is 253 g/mol. The average Bonchev–Trinajstić information content (AvgIpc) is 2.48. The third-order valence-corrected chi connectivity index (χ3v) is 2.65. The van der Waals surface area contributed by atoms with Crippen LogP contribution in [0, 0.1) is 0 Å². The number of methoxy groups -OCH3 is 1. The van der Waals surface area contributed by atoms with E-state index in [1.165, 1.54) is 7.11 Å². The monoisotopic (exact) mass is 253 g/mol. The molecule has 0 aromatic heterocycles. The van der Waals surface area contributed by atoms with E-state index < -0.39 is 0 Å². The summed E-state index contributed by atoms with van der Waals surface area (Å²) < 4.78 is 5.18. The molecule has 0 saturated heterocycles. The maximum atomic E-state index is 12.0. The number of rotatable bonds is 4. The van der Waals surface area contributed by atoms with Gasteiger partial charge in [-0.3, -0.25) is 4.79 Å². The lowest BCUT2D eigenvalue weighted by atomic mass is 10.1. The molecule has 0 atom stereocenters. The zero-order valence-electron chi connectivity index (χ0n) is 10.7. The zero-order chi connectivity index (χ0) is 13.5. The number of nitrogens with zero attached hydrogens (tertiary/aromatic N) is 1. The van der Waals surface area contributed by atoms with Gasteiger partial charge >= 0.3 is 0 Å². The molecule has 0 radical (unpaired) electrons. The number of hydrogen-bond donors (Lipinski definition) is 0. The normalized spacial score (nSPS) is 11.1. The molecule has 0 unspecified atom stereocenters. The number of carbonyl (C=O) groups is 1. The van der Waals surface area contributed by atoms with Gasteiger partial charge in [0.2, 0.25) is 0 Å². The summed E-state index contributed by atoms with van der Waals surface area (Å²) in [6, 6.07) is 18.6. The van der Waals surface area contributed by atoms with Crippen molar-refractivity contribution < 1.29 is 9.53 Å². The molecule has 0 N–H and O–H groups in total. The highest BCUT2D eigenvalue weighted by molar-refractivity contribution is 6.07. The lowest BCUT2D eigenvalue weighted by Crippen LogP contribution is -2.09. The van der Waals surface area contributed by atoms with Crippen molar-refractivity contribution in [3.63, 3.8) is 0 Å². The van der Waals surface area contributed by atoms with Gasteiger partial charge < -0.3 is 4.74 Å². The maximum absolute atomic E-state index is 12.0. The van der Waals surface area contributed by atoms with Crippen LogP contribution in [0.25, 0.3) is 0 Å². The van der Waals surface area contributed by atoms with Crippen molar-refractivity contribution in [2.75, 3.05) is 7.11 Å². The highest BCUT2D eigenvalue weighted by atomic mass is 16.5. The first-order valence-electron chi connectivity index (χ1n) is 6.04. The largest absolute Gasteiger partial charge is 0.484 e. The summed E-state index contributed by atoms with van der Waals surface area (Å²) in [7, 11) is 1.53. The fraction of sp³-hybridized carbons (Fsp3) is 0.125. The number of benzene rings is 2. The highest BCUT2D eigenvalue weighted by Crippen LogP contribution is 2.12. The summed E-state index contributed by atoms with van der Waals surface area (Å²) in [5, 5.41) is 0. The van der Waals surface area contributed by atoms with Gasteiger partial charge in [-0.05, 0) is 12.1 Å². The van der Waals surface area contributed by atoms with Crippen LogP contribution in [-0.4, -0.2) is 18.8 Å². The quantitative estimate of drug-likeness (QED) is 0.474. The Bertz CT molecular complexity index is 562. The molecule has 0 amide bonds. The summed E-state index contributed by atoms with van der Waals surface area (Å²) in [4.78, 5) is 16.4. The predicted molar refractivity (Wildman–Crippen MR) is 75.9 cm³/mol. The molecule has 3 nitrogen and oxygen atoms in total. The van der Waals surface area contributed by atoms with E-state index in [2.05, 4.69) is 4.99 Å². The number of ether oxygens (including phenoxy) is 1. The zero-order valence-corrected chi connectivity index (χ0v) is 10.7. The Morgan fingerprint density at radius 2 is 1.58 bits per heavy atom. The van der Waals surface area contributed by atoms with Crippen molar-refractivity contribution in [1.29, 1.82) is 0 Å². The number of Topliss-reactive ketones (excluding diaryl/α,β-unsaturated/α-hetero) is 1. The molecule has 96 valence electrons. The van der Waals surface area contributed by atoms with Gasteiger partial charge in [0.25, 0.3) is 0 Å². The molecule has 0 aliphatic heterocycles. The Morgan fingerprint density at radius 3 is 2.16 bits per heavy atom. The van der Waals surface area contributed by atoms with Gasteiger partial charge in [-0.2, -0.15) is 0 Å². The van der Waals surface area contributed by atoms with Crippen molar-refractivity contribution >= 4 is 17.4 Å². The summed E-state index contributed by atoms with van der Waals surface area (Å²) in [5.74, 6) is 0.414.